The number of benzene rings is 1. The quantitative estimate of drug-likeness (QED) is 0.524. The van der Waals surface area contributed by atoms with Crippen LogP contribution in [0.5, 0.6) is 0 Å². The first-order chi connectivity index (χ1) is 15.8. The molecule has 8 nitrogen and oxygen atoms in total. The van der Waals surface area contributed by atoms with Crippen molar-refractivity contribution in [2.24, 2.45) is 11.8 Å². The topological polar surface area (TPSA) is 90.0 Å². The average molecular weight is 453 g/mol. The second kappa shape index (κ2) is 9.87. The third kappa shape index (κ3) is 5.00. The molecule has 1 aromatic carbocycles. The van der Waals surface area contributed by atoms with E-state index in [4.69, 9.17) is 0 Å². The Hall–Kier alpha value is -3.00. The maximum Gasteiger partial charge on any atom is 0.238 e. The van der Waals surface area contributed by atoms with Crippen molar-refractivity contribution in [1.29, 1.82) is 0 Å². The zero-order valence-electron chi connectivity index (χ0n) is 19.4. The molecule has 3 aliphatic rings. The van der Waals surface area contributed by atoms with Crippen LogP contribution >= 0.6 is 0 Å². The predicted octanol–water partition coefficient (Wildman–Crippen LogP) is 1.73. The Balaban J connectivity index is 1.21. The van der Waals surface area contributed by atoms with Crippen LogP contribution in [0.25, 0.3) is 0 Å². The third-order valence-electron chi connectivity index (χ3n) is 6.99. The first-order valence-corrected chi connectivity index (χ1v) is 11.7. The second-order valence-electron chi connectivity index (χ2n) is 9.21. The monoisotopic (exact) mass is 452 g/mol. The summed E-state index contributed by atoms with van der Waals surface area (Å²) in [5.41, 5.74) is 2.92. The van der Waals surface area contributed by atoms with Crippen molar-refractivity contribution >= 4 is 29.3 Å². The Morgan fingerprint density at radius 3 is 2.09 bits per heavy atom. The number of allylic oxidation sites excluding steroid dienone is 2. The van der Waals surface area contributed by atoms with Crippen molar-refractivity contribution in [2.45, 2.75) is 33.1 Å². The van der Waals surface area contributed by atoms with Gasteiger partial charge >= 0.3 is 0 Å². The predicted molar refractivity (Wildman–Crippen MR) is 124 cm³/mol. The molecule has 0 radical (unpaired) electrons. The molecule has 0 aromatic heterocycles. The van der Waals surface area contributed by atoms with Gasteiger partial charge in [-0.25, -0.2) is 0 Å². The Morgan fingerprint density at radius 1 is 0.939 bits per heavy atom. The number of hydrogen-bond acceptors (Lipinski definition) is 5. The number of aryl methyl sites for hydroxylation is 2. The average Bonchev–Trinajstić information content (AvgIpc) is 3.05. The standard InChI is InChI=1S/C25H32N4O4/c1-17-6-5-7-18(2)23(17)26-21(30)16-27-12-14-28(15-13-27)22(31)10-11-29-24(32)19-8-3-4-9-20(19)25(29)33/h3-7,19-20H,8-16H2,1-2H3,(H,26,30)/t19-,20+. The lowest BCUT2D eigenvalue weighted by Gasteiger charge is -2.34. The number of piperazine rings is 1. The minimum absolute atomic E-state index is 0.0526. The highest BCUT2D eigenvalue weighted by molar-refractivity contribution is 6.05. The highest BCUT2D eigenvalue weighted by Gasteiger charge is 2.47. The molecule has 0 bridgehead atoms. The molecule has 4 rings (SSSR count). The van der Waals surface area contributed by atoms with E-state index in [1.807, 2.05) is 49.1 Å². The molecule has 1 N–H and O–H groups in total. The van der Waals surface area contributed by atoms with Crippen molar-refractivity contribution in [3.05, 3.63) is 41.5 Å². The van der Waals surface area contributed by atoms with Crippen LogP contribution < -0.4 is 5.32 Å². The number of imide groups is 1. The SMILES string of the molecule is Cc1cccc(C)c1NC(=O)CN1CCN(C(=O)CCN2C(=O)[C@H]3CC=CC[C@H]3C2=O)CC1. The first kappa shape index (κ1) is 23.2. The number of likely N-dealkylation sites (tertiary alicyclic amines) is 1. The number of nitrogens with zero attached hydrogens (tertiary/aromatic N) is 3. The zero-order valence-corrected chi connectivity index (χ0v) is 19.4. The number of carbonyl (C=O) groups excluding carboxylic acids is 4. The summed E-state index contributed by atoms with van der Waals surface area (Å²) >= 11 is 0. The van der Waals surface area contributed by atoms with E-state index in [1.54, 1.807) is 4.90 Å². The largest absolute Gasteiger partial charge is 0.340 e. The number of para-hydroxylation sites is 1. The summed E-state index contributed by atoms with van der Waals surface area (Å²) in [5.74, 6) is -0.896. The van der Waals surface area contributed by atoms with E-state index >= 15 is 0 Å². The molecule has 2 saturated heterocycles. The van der Waals surface area contributed by atoms with Gasteiger partial charge in [-0.1, -0.05) is 30.4 Å². The van der Waals surface area contributed by atoms with Gasteiger partial charge in [0.25, 0.3) is 0 Å². The summed E-state index contributed by atoms with van der Waals surface area (Å²) < 4.78 is 0. The summed E-state index contributed by atoms with van der Waals surface area (Å²) in [6.45, 7) is 6.68. The summed E-state index contributed by atoms with van der Waals surface area (Å²) in [7, 11) is 0. The van der Waals surface area contributed by atoms with Gasteiger partial charge in [0.1, 0.15) is 0 Å². The van der Waals surface area contributed by atoms with E-state index in [0.717, 1.165) is 16.8 Å². The fourth-order valence-corrected chi connectivity index (χ4v) is 5.00. The van der Waals surface area contributed by atoms with E-state index in [1.165, 1.54) is 4.90 Å². The molecule has 1 aliphatic carbocycles. The van der Waals surface area contributed by atoms with Crippen molar-refractivity contribution < 1.29 is 19.2 Å². The van der Waals surface area contributed by atoms with E-state index in [9.17, 15) is 19.2 Å². The van der Waals surface area contributed by atoms with Crippen LogP contribution in [0.1, 0.15) is 30.4 Å². The van der Waals surface area contributed by atoms with Gasteiger partial charge in [0.05, 0.1) is 18.4 Å². The normalized spacial score (nSPS) is 23.1. The van der Waals surface area contributed by atoms with Crippen molar-refractivity contribution in [2.75, 3.05) is 44.6 Å². The third-order valence-corrected chi connectivity index (χ3v) is 6.99. The van der Waals surface area contributed by atoms with Crippen LogP contribution in [0.4, 0.5) is 5.69 Å². The van der Waals surface area contributed by atoms with Gasteiger partial charge in [0, 0.05) is 44.8 Å². The van der Waals surface area contributed by atoms with Crippen LogP contribution in [-0.4, -0.2) is 77.6 Å². The van der Waals surface area contributed by atoms with Gasteiger partial charge in [-0.15, -0.1) is 0 Å². The van der Waals surface area contributed by atoms with E-state index in [2.05, 4.69) is 5.32 Å². The molecule has 4 amide bonds. The molecule has 0 saturated carbocycles. The minimum atomic E-state index is -0.254. The van der Waals surface area contributed by atoms with Gasteiger partial charge < -0.3 is 10.2 Å². The zero-order chi connectivity index (χ0) is 23.5. The molecule has 2 heterocycles. The van der Waals surface area contributed by atoms with Gasteiger partial charge in [-0.3, -0.25) is 29.0 Å². The molecule has 1 aromatic rings. The molecule has 33 heavy (non-hydrogen) atoms. The van der Waals surface area contributed by atoms with Crippen LogP contribution in [-0.2, 0) is 19.2 Å². The Bertz CT molecular complexity index is 934. The number of rotatable bonds is 6. The Morgan fingerprint density at radius 2 is 1.52 bits per heavy atom. The number of fused-ring (bicyclic) bond motifs is 1. The van der Waals surface area contributed by atoms with Crippen LogP contribution in [0, 0.1) is 25.7 Å². The Labute approximate surface area is 194 Å². The molecule has 0 spiro atoms. The van der Waals surface area contributed by atoms with Gasteiger partial charge in [-0.2, -0.15) is 0 Å². The molecule has 0 unspecified atom stereocenters. The fourth-order valence-electron chi connectivity index (χ4n) is 5.00. The highest BCUT2D eigenvalue weighted by Crippen LogP contribution is 2.35. The number of anilines is 1. The lowest BCUT2D eigenvalue weighted by Crippen LogP contribution is -2.51. The minimum Gasteiger partial charge on any atom is -0.340 e. The summed E-state index contributed by atoms with van der Waals surface area (Å²) in [6, 6.07) is 5.92. The maximum atomic E-state index is 12.7. The lowest BCUT2D eigenvalue weighted by molar-refractivity contribution is -0.141. The van der Waals surface area contributed by atoms with Crippen LogP contribution in [0.3, 0.4) is 0 Å². The fraction of sp³-hybridized carbons (Fsp3) is 0.520. The van der Waals surface area contributed by atoms with Crippen LogP contribution in [0.2, 0.25) is 0 Å². The van der Waals surface area contributed by atoms with Gasteiger partial charge in [0.15, 0.2) is 0 Å². The van der Waals surface area contributed by atoms with Gasteiger partial charge in [0.2, 0.25) is 23.6 Å². The molecule has 2 aliphatic heterocycles. The number of carbonyl (C=O) groups is 4. The van der Waals surface area contributed by atoms with E-state index in [-0.39, 0.29) is 55.0 Å². The molecular weight excluding hydrogens is 420 g/mol. The smallest absolute Gasteiger partial charge is 0.238 e. The van der Waals surface area contributed by atoms with E-state index in [0.29, 0.717) is 39.0 Å². The van der Waals surface area contributed by atoms with Crippen molar-refractivity contribution in [1.82, 2.24) is 14.7 Å². The molecule has 176 valence electrons. The molecule has 2 fully saturated rings. The highest BCUT2D eigenvalue weighted by atomic mass is 16.2. The lowest BCUT2D eigenvalue weighted by atomic mass is 9.85. The number of amides is 4. The number of hydrogen-bond donors (Lipinski definition) is 1. The van der Waals surface area contributed by atoms with Crippen molar-refractivity contribution in [3.63, 3.8) is 0 Å². The molecular formula is C25H32N4O4. The maximum absolute atomic E-state index is 12.7. The Kier molecular flexibility index (Phi) is 6.93. The summed E-state index contributed by atoms with van der Waals surface area (Å²) in [5, 5.41) is 3.01. The number of nitrogens with one attached hydrogen (secondary N) is 1. The van der Waals surface area contributed by atoms with E-state index < -0.39 is 0 Å². The molecule has 8 heteroatoms. The summed E-state index contributed by atoms with van der Waals surface area (Å²) in [4.78, 5) is 55.4. The summed E-state index contributed by atoms with van der Waals surface area (Å²) in [6.07, 6.45) is 5.29. The first-order valence-electron chi connectivity index (χ1n) is 11.7. The second-order valence-corrected chi connectivity index (χ2v) is 9.21. The molecule has 2 atom stereocenters. The van der Waals surface area contributed by atoms with Gasteiger partial charge in [-0.05, 0) is 37.8 Å². The van der Waals surface area contributed by atoms with Crippen molar-refractivity contribution in [3.8, 4) is 0 Å². The van der Waals surface area contributed by atoms with Crippen LogP contribution in [0.15, 0.2) is 30.4 Å².